The molecule has 0 aliphatic carbocycles. The molecule has 120 valence electrons. The summed E-state index contributed by atoms with van der Waals surface area (Å²) < 4.78 is 1.27. The number of phenolic OH excluding ortho intramolecular Hbond substituents is 1. The second-order valence-electron chi connectivity index (χ2n) is 5.30. The van der Waals surface area contributed by atoms with Crippen LogP contribution in [0.2, 0.25) is 5.02 Å². The van der Waals surface area contributed by atoms with E-state index in [9.17, 15) is 9.90 Å². The summed E-state index contributed by atoms with van der Waals surface area (Å²) in [5.41, 5.74) is 2.83. The second-order valence-corrected chi connectivity index (χ2v) is 5.74. The lowest BCUT2D eigenvalue weighted by atomic mass is 10.1. The van der Waals surface area contributed by atoms with E-state index in [4.69, 9.17) is 11.6 Å². The highest BCUT2D eigenvalue weighted by Crippen LogP contribution is 2.31. The highest BCUT2D eigenvalue weighted by Gasteiger charge is 2.14. The predicted octanol–water partition coefficient (Wildman–Crippen LogP) is 4.74. The summed E-state index contributed by atoms with van der Waals surface area (Å²) in [5, 5.41) is 15.1. The smallest absolute Gasteiger partial charge is 0.243 e. The Bertz CT molecular complexity index is 911. The number of nitrogens with zero attached hydrogens (tertiary/aromatic N) is 2. The molecule has 3 rings (SSSR count). The van der Waals surface area contributed by atoms with Crippen LogP contribution in [0.3, 0.4) is 0 Å². The minimum Gasteiger partial charge on any atom is -0.507 e. The third-order valence-electron chi connectivity index (χ3n) is 3.55. The number of hydrogen-bond acceptors (Lipinski definition) is 3. The van der Waals surface area contributed by atoms with Crippen LogP contribution in [0, 0.1) is 0 Å². The molecule has 0 spiro atoms. The normalized spacial score (nSPS) is 11.1. The van der Waals surface area contributed by atoms with Gasteiger partial charge in [0.2, 0.25) is 5.91 Å². The van der Waals surface area contributed by atoms with Crippen LogP contribution in [0.1, 0.15) is 22.8 Å². The number of hydrogen-bond donors (Lipinski definition) is 1. The summed E-state index contributed by atoms with van der Waals surface area (Å²) in [6.07, 6.45) is 5.41. The fourth-order valence-electron chi connectivity index (χ4n) is 2.31. The Kier molecular flexibility index (Phi) is 4.49. The zero-order valence-electron chi connectivity index (χ0n) is 13.0. The highest BCUT2D eigenvalue weighted by molar-refractivity contribution is 6.30. The number of aromatic nitrogens is 2. The SMILES string of the molecule is CC(=O)n1cc(/C=C/c2ccc(Cl)cc2)c(-c2ccccc2O)n1. The number of carbonyl (C=O) groups is 1. The van der Waals surface area contributed by atoms with E-state index in [1.54, 1.807) is 24.4 Å². The lowest BCUT2D eigenvalue weighted by molar-refractivity contribution is 0.0921. The molecule has 0 atom stereocenters. The van der Waals surface area contributed by atoms with Crippen LogP contribution < -0.4 is 0 Å². The maximum atomic E-state index is 11.6. The average Bonchev–Trinajstić information content (AvgIpc) is 2.99. The van der Waals surface area contributed by atoms with Crippen molar-refractivity contribution in [1.29, 1.82) is 0 Å². The summed E-state index contributed by atoms with van der Waals surface area (Å²) >= 11 is 5.89. The van der Waals surface area contributed by atoms with E-state index >= 15 is 0 Å². The molecular formula is C19H15ClN2O2. The Hall–Kier alpha value is -2.85. The van der Waals surface area contributed by atoms with Gasteiger partial charge in [0.1, 0.15) is 11.4 Å². The lowest BCUT2D eigenvalue weighted by Crippen LogP contribution is -2.05. The van der Waals surface area contributed by atoms with E-state index in [2.05, 4.69) is 5.10 Å². The molecule has 1 heterocycles. The van der Waals surface area contributed by atoms with Gasteiger partial charge in [-0.15, -0.1) is 0 Å². The van der Waals surface area contributed by atoms with Crippen molar-refractivity contribution in [2.45, 2.75) is 6.92 Å². The first-order chi connectivity index (χ1) is 11.5. The van der Waals surface area contributed by atoms with Gasteiger partial charge in [-0.25, -0.2) is 4.68 Å². The van der Waals surface area contributed by atoms with Crippen molar-refractivity contribution < 1.29 is 9.90 Å². The van der Waals surface area contributed by atoms with E-state index in [0.29, 0.717) is 16.3 Å². The fraction of sp³-hybridized carbons (Fsp3) is 0.0526. The molecule has 0 amide bonds. The van der Waals surface area contributed by atoms with Crippen molar-refractivity contribution in [1.82, 2.24) is 9.78 Å². The summed E-state index contributed by atoms with van der Waals surface area (Å²) in [6, 6.07) is 14.3. The minimum absolute atomic E-state index is 0.118. The standard InChI is InChI=1S/C19H15ClN2O2/c1-13(23)22-12-15(9-6-14-7-10-16(20)11-8-14)19(21-22)17-4-2-3-5-18(17)24/h2-12,24H,1H3/b9-6+. The number of carbonyl (C=O) groups excluding carboxylic acids is 1. The quantitative estimate of drug-likeness (QED) is 0.750. The molecular weight excluding hydrogens is 324 g/mol. The van der Waals surface area contributed by atoms with Gasteiger partial charge < -0.3 is 5.11 Å². The number of benzene rings is 2. The van der Waals surface area contributed by atoms with Gasteiger partial charge in [0.15, 0.2) is 0 Å². The van der Waals surface area contributed by atoms with Crippen LogP contribution in [-0.2, 0) is 0 Å². The molecule has 0 fully saturated rings. The monoisotopic (exact) mass is 338 g/mol. The van der Waals surface area contributed by atoms with Gasteiger partial charge >= 0.3 is 0 Å². The molecule has 1 N–H and O–H groups in total. The van der Waals surface area contributed by atoms with Crippen molar-refractivity contribution >= 4 is 29.7 Å². The molecule has 0 bridgehead atoms. The first-order valence-electron chi connectivity index (χ1n) is 7.37. The molecule has 24 heavy (non-hydrogen) atoms. The molecule has 0 saturated carbocycles. The zero-order chi connectivity index (χ0) is 17.1. The number of para-hydroxylation sites is 1. The van der Waals surface area contributed by atoms with Crippen LogP contribution in [0.25, 0.3) is 23.4 Å². The van der Waals surface area contributed by atoms with Crippen LogP contribution in [0.15, 0.2) is 54.7 Å². The topological polar surface area (TPSA) is 55.1 Å². The Labute approximate surface area is 144 Å². The second kappa shape index (κ2) is 6.72. The molecule has 5 heteroatoms. The number of phenols is 1. The lowest BCUT2D eigenvalue weighted by Gasteiger charge is -2.02. The Morgan fingerprint density at radius 2 is 1.83 bits per heavy atom. The first-order valence-corrected chi connectivity index (χ1v) is 7.75. The summed E-state index contributed by atoms with van der Waals surface area (Å²) in [4.78, 5) is 11.6. The van der Waals surface area contributed by atoms with Gasteiger partial charge in [-0.2, -0.15) is 5.10 Å². The van der Waals surface area contributed by atoms with E-state index in [-0.39, 0.29) is 11.7 Å². The van der Waals surface area contributed by atoms with Crippen molar-refractivity contribution in [3.8, 4) is 17.0 Å². The fourth-order valence-corrected chi connectivity index (χ4v) is 2.44. The predicted molar refractivity (Wildman–Crippen MR) is 96.0 cm³/mol. The number of rotatable bonds is 3. The van der Waals surface area contributed by atoms with E-state index in [1.807, 2.05) is 42.5 Å². The van der Waals surface area contributed by atoms with E-state index in [1.165, 1.54) is 11.6 Å². The van der Waals surface area contributed by atoms with Crippen LogP contribution in [-0.4, -0.2) is 20.8 Å². The van der Waals surface area contributed by atoms with Crippen LogP contribution >= 0.6 is 11.6 Å². The number of aromatic hydroxyl groups is 1. The van der Waals surface area contributed by atoms with Gasteiger partial charge in [-0.1, -0.05) is 48.0 Å². The molecule has 0 radical (unpaired) electrons. The molecule has 0 aliphatic rings. The van der Waals surface area contributed by atoms with Crippen molar-refractivity contribution in [3.05, 3.63) is 70.9 Å². The summed E-state index contributed by atoms with van der Waals surface area (Å²) in [7, 11) is 0. The molecule has 0 unspecified atom stereocenters. The Morgan fingerprint density at radius 3 is 2.50 bits per heavy atom. The average molecular weight is 339 g/mol. The third kappa shape index (κ3) is 3.39. The van der Waals surface area contributed by atoms with Gasteiger partial charge in [0.25, 0.3) is 0 Å². The van der Waals surface area contributed by atoms with Gasteiger partial charge in [-0.05, 0) is 29.8 Å². The molecule has 3 aromatic rings. The molecule has 0 aliphatic heterocycles. The van der Waals surface area contributed by atoms with Crippen molar-refractivity contribution in [2.75, 3.05) is 0 Å². The molecule has 1 aromatic heterocycles. The Morgan fingerprint density at radius 1 is 1.12 bits per heavy atom. The van der Waals surface area contributed by atoms with Gasteiger partial charge in [0.05, 0.1) is 0 Å². The molecule has 4 nitrogen and oxygen atoms in total. The Balaban J connectivity index is 2.05. The summed E-state index contributed by atoms with van der Waals surface area (Å²) in [6.45, 7) is 1.44. The van der Waals surface area contributed by atoms with Gasteiger partial charge in [0, 0.05) is 29.3 Å². The van der Waals surface area contributed by atoms with E-state index < -0.39 is 0 Å². The largest absolute Gasteiger partial charge is 0.507 e. The molecule has 0 saturated heterocycles. The van der Waals surface area contributed by atoms with E-state index in [0.717, 1.165) is 11.1 Å². The third-order valence-corrected chi connectivity index (χ3v) is 3.80. The van der Waals surface area contributed by atoms with Crippen LogP contribution in [0.5, 0.6) is 5.75 Å². The first kappa shape index (κ1) is 16.0. The maximum Gasteiger partial charge on any atom is 0.243 e. The highest BCUT2D eigenvalue weighted by atomic mass is 35.5. The van der Waals surface area contributed by atoms with Crippen molar-refractivity contribution in [2.24, 2.45) is 0 Å². The van der Waals surface area contributed by atoms with Gasteiger partial charge in [-0.3, -0.25) is 4.79 Å². The van der Waals surface area contributed by atoms with Crippen LogP contribution in [0.4, 0.5) is 0 Å². The minimum atomic E-state index is -0.196. The zero-order valence-corrected chi connectivity index (χ0v) is 13.7. The maximum absolute atomic E-state index is 11.6. The molecule has 2 aromatic carbocycles. The number of halogens is 1. The summed E-state index contributed by atoms with van der Waals surface area (Å²) in [5.74, 6) is -0.0785. The van der Waals surface area contributed by atoms with Crippen molar-refractivity contribution in [3.63, 3.8) is 0 Å².